The Kier molecular flexibility index (Phi) is 5.91. The molecule has 150 valence electrons. The maximum Gasteiger partial charge on any atom is 0.342 e. The molecular weight excluding hydrogens is 368 g/mol. The van der Waals surface area contributed by atoms with Gasteiger partial charge in [-0.3, -0.25) is 4.68 Å². The van der Waals surface area contributed by atoms with Gasteiger partial charge in [0.05, 0.1) is 19.8 Å². The first-order valence-electron chi connectivity index (χ1n) is 9.78. The van der Waals surface area contributed by atoms with E-state index in [1.807, 2.05) is 54.6 Å². The molecule has 6 heteroatoms. The summed E-state index contributed by atoms with van der Waals surface area (Å²) in [6.45, 7) is 1.54. The number of nitrogens with zero attached hydrogens (tertiary/aromatic N) is 2. The number of para-hydroxylation sites is 1. The summed E-state index contributed by atoms with van der Waals surface area (Å²) in [6, 6.07) is 17.5. The van der Waals surface area contributed by atoms with Gasteiger partial charge < -0.3 is 14.2 Å². The molecule has 0 amide bonds. The maximum atomic E-state index is 12.9. The SMILES string of the molecule is COc1ccccc1-c1nn(Cc2ccccc2)cc1C(=O)OC[C@H]1CCCO1. The molecule has 1 aliphatic rings. The van der Waals surface area contributed by atoms with E-state index in [0.29, 0.717) is 23.6 Å². The Morgan fingerprint density at radius 2 is 1.97 bits per heavy atom. The number of benzene rings is 2. The van der Waals surface area contributed by atoms with Gasteiger partial charge in [-0.2, -0.15) is 5.10 Å². The molecule has 4 rings (SSSR count). The Balaban J connectivity index is 1.64. The minimum Gasteiger partial charge on any atom is -0.496 e. The molecule has 0 aliphatic carbocycles. The molecular formula is C23H24N2O4. The van der Waals surface area contributed by atoms with Crippen LogP contribution in [0.4, 0.5) is 0 Å². The van der Waals surface area contributed by atoms with E-state index in [0.717, 1.165) is 30.6 Å². The summed E-state index contributed by atoms with van der Waals surface area (Å²) in [4.78, 5) is 12.9. The van der Waals surface area contributed by atoms with Crippen molar-refractivity contribution >= 4 is 5.97 Å². The Bertz CT molecular complexity index is 962. The van der Waals surface area contributed by atoms with Gasteiger partial charge in [0.2, 0.25) is 0 Å². The highest BCUT2D eigenvalue weighted by atomic mass is 16.6. The lowest BCUT2D eigenvalue weighted by Crippen LogP contribution is -2.18. The van der Waals surface area contributed by atoms with Gasteiger partial charge in [0.1, 0.15) is 23.6 Å². The topological polar surface area (TPSA) is 62.6 Å². The van der Waals surface area contributed by atoms with Crippen LogP contribution in [0.5, 0.6) is 5.75 Å². The lowest BCUT2D eigenvalue weighted by molar-refractivity contribution is 0.0162. The molecule has 0 N–H and O–H groups in total. The molecule has 29 heavy (non-hydrogen) atoms. The second-order valence-electron chi connectivity index (χ2n) is 7.01. The molecule has 0 unspecified atom stereocenters. The fraction of sp³-hybridized carbons (Fsp3) is 0.304. The number of esters is 1. The third kappa shape index (κ3) is 4.49. The summed E-state index contributed by atoms with van der Waals surface area (Å²) in [5.41, 5.74) is 2.82. The highest BCUT2D eigenvalue weighted by Crippen LogP contribution is 2.31. The van der Waals surface area contributed by atoms with Crippen molar-refractivity contribution in [2.24, 2.45) is 0 Å². The van der Waals surface area contributed by atoms with Gasteiger partial charge in [0.15, 0.2) is 0 Å². The Labute approximate surface area is 170 Å². The van der Waals surface area contributed by atoms with Gasteiger partial charge in [-0.1, -0.05) is 42.5 Å². The smallest absolute Gasteiger partial charge is 0.342 e. The van der Waals surface area contributed by atoms with Crippen molar-refractivity contribution in [3.63, 3.8) is 0 Å². The fourth-order valence-corrected chi connectivity index (χ4v) is 3.48. The van der Waals surface area contributed by atoms with Gasteiger partial charge in [0.25, 0.3) is 0 Å². The predicted molar refractivity (Wildman–Crippen MR) is 109 cm³/mol. The zero-order valence-electron chi connectivity index (χ0n) is 16.4. The number of methoxy groups -OCH3 is 1. The van der Waals surface area contributed by atoms with Gasteiger partial charge in [0, 0.05) is 18.4 Å². The lowest BCUT2D eigenvalue weighted by Gasteiger charge is -2.11. The van der Waals surface area contributed by atoms with Crippen LogP contribution in [0.25, 0.3) is 11.3 Å². The van der Waals surface area contributed by atoms with E-state index in [9.17, 15) is 4.79 Å². The van der Waals surface area contributed by atoms with Gasteiger partial charge in [-0.25, -0.2) is 4.79 Å². The molecule has 1 aromatic heterocycles. The van der Waals surface area contributed by atoms with Gasteiger partial charge in [-0.15, -0.1) is 0 Å². The second-order valence-corrected chi connectivity index (χ2v) is 7.01. The molecule has 0 spiro atoms. The number of hydrogen-bond acceptors (Lipinski definition) is 5. The Hall–Kier alpha value is -3.12. The summed E-state index contributed by atoms with van der Waals surface area (Å²) >= 11 is 0. The number of rotatable bonds is 7. The van der Waals surface area contributed by atoms with E-state index in [1.54, 1.807) is 18.0 Å². The van der Waals surface area contributed by atoms with Gasteiger partial charge in [-0.05, 0) is 30.5 Å². The zero-order chi connectivity index (χ0) is 20.1. The third-order valence-electron chi connectivity index (χ3n) is 4.96. The number of aromatic nitrogens is 2. The van der Waals surface area contributed by atoms with E-state index in [4.69, 9.17) is 14.2 Å². The van der Waals surface area contributed by atoms with Crippen molar-refractivity contribution in [2.75, 3.05) is 20.3 Å². The maximum absolute atomic E-state index is 12.9. The molecule has 6 nitrogen and oxygen atoms in total. The fourth-order valence-electron chi connectivity index (χ4n) is 3.48. The predicted octanol–water partition coefficient (Wildman–Crippen LogP) is 3.94. The summed E-state index contributed by atoms with van der Waals surface area (Å²) in [5.74, 6) is 0.256. The Morgan fingerprint density at radius 3 is 2.72 bits per heavy atom. The minimum atomic E-state index is -0.402. The molecule has 3 aromatic rings. The minimum absolute atomic E-state index is 0.0203. The summed E-state index contributed by atoms with van der Waals surface area (Å²) < 4.78 is 18.4. The van der Waals surface area contributed by atoms with E-state index in [1.165, 1.54) is 0 Å². The van der Waals surface area contributed by atoms with Crippen LogP contribution in [-0.2, 0) is 16.0 Å². The standard InChI is InChI=1S/C23H24N2O4/c1-27-21-12-6-5-11-19(21)22-20(23(26)29-16-18-10-7-13-28-18)15-25(24-22)14-17-8-3-2-4-9-17/h2-6,8-9,11-12,15,18H,7,10,13-14,16H2,1H3/t18-/m1/s1. The first kappa shape index (κ1) is 19.2. The highest BCUT2D eigenvalue weighted by Gasteiger charge is 2.24. The average molecular weight is 392 g/mol. The van der Waals surface area contributed by atoms with Crippen molar-refractivity contribution in [1.82, 2.24) is 9.78 Å². The molecule has 0 saturated carbocycles. The quantitative estimate of drug-likeness (QED) is 0.570. The number of ether oxygens (including phenoxy) is 3. The van der Waals surface area contributed by atoms with Crippen molar-refractivity contribution in [3.8, 4) is 17.0 Å². The van der Waals surface area contributed by atoms with E-state index in [-0.39, 0.29) is 12.7 Å². The molecule has 2 aromatic carbocycles. The normalized spacial score (nSPS) is 16.0. The Morgan fingerprint density at radius 1 is 1.17 bits per heavy atom. The summed E-state index contributed by atoms with van der Waals surface area (Å²) in [7, 11) is 1.61. The third-order valence-corrected chi connectivity index (χ3v) is 4.96. The van der Waals surface area contributed by atoms with E-state index < -0.39 is 5.97 Å². The largest absolute Gasteiger partial charge is 0.496 e. The lowest BCUT2D eigenvalue weighted by atomic mass is 10.1. The molecule has 2 heterocycles. The molecule has 1 aliphatic heterocycles. The van der Waals surface area contributed by atoms with E-state index >= 15 is 0 Å². The first-order valence-corrected chi connectivity index (χ1v) is 9.78. The molecule has 1 atom stereocenters. The second kappa shape index (κ2) is 8.92. The van der Waals surface area contributed by atoms with Gasteiger partial charge >= 0.3 is 5.97 Å². The van der Waals surface area contributed by atoms with Crippen LogP contribution in [-0.4, -0.2) is 42.2 Å². The van der Waals surface area contributed by atoms with Crippen LogP contribution in [0, 0.1) is 0 Å². The van der Waals surface area contributed by atoms with Crippen molar-refractivity contribution in [3.05, 3.63) is 71.9 Å². The van der Waals surface area contributed by atoms with Crippen molar-refractivity contribution < 1.29 is 19.0 Å². The molecule has 0 radical (unpaired) electrons. The van der Waals surface area contributed by atoms with Crippen LogP contribution in [0.1, 0.15) is 28.8 Å². The van der Waals surface area contributed by atoms with Crippen LogP contribution >= 0.6 is 0 Å². The van der Waals surface area contributed by atoms with E-state index in [2.05, 4.69) is 5.10 Å². The summed E-state index contributed by atoms with van der Waals surface area (Å²) in [6.07, 6.45) is 3.64. The van der Waals surface area contributed by atoms with Crippen molar-refractivity contribution in [1.29, 1.82) is 0 Å². The van der Waals surface area contributed by atoms with Crippen LogP contribution in [0.3, 0.4) is 0 Å². The first-order chi connectivity index (χ1) is 14.2. The van der Waals surface area contributed by atoms with Crippen LogP contribution in [0.2, 0.25) is 0 Å². The molecule has 0 bridgehead atoms. The number of carbonyl (C=O) groups is 1. The molecule has 1 fully saturated rings. The summed E-state index contributed by atoms with van der Waals surface area (Å²) in [5, 5.41) is 4.69. The zero-order valence-corrected chi connectivity index (χ0v) is 16.4. The average Bonchev–Trinajstić information content (AvgIpc) is 3.43. The number of carbonyl (C=O) groups excluding carboxylic acids is 1. The monoisotopic (exact) mass is 392 g/mol. The highest BCUT2D eigenvalue weighted by molar-refractivity contribution is 5.96. The molecule has 1 saturated heterocycles. The number of hydrogen-bond donors (Lipinski definition) is 0. The van der Waals surface area contributed by atoms with Crippen LogP contribution < -0.4 is 4.74 Å². The van der Waals surface area contributed by atoms with Crippen LogP contribution in [0.15, 0.2) is 60.8 Å². The van der Waals surface area contributed by atoms with Crippen molar-refractivity contribution in [2.45, 2.75) is 25.5 Å².